The van der Waals surface area contributed by atoms with Gasteiger partial charge in [0.1, 0.15) is 5.75 Å². The summed E-state index contributed by atoms with van der Waals surface area (Å²) >= 11 is 6.44. The number of piperidine rings is 2. The summed E-state index contributed by atoms with van der Waals surface area (Å²) in [4.78, 5) is 13.9. The first-order valence-electron chi connectivity index (χ1n) is 7.68. The number of nitrogens with zero attached hydrogens (tertiary/aromatic N) is 1. The molecule has 120 valence electrons. The largest absolute Gasteiger partial charge is 0.496 e. The highest BCUT2D eigenvalue weighted by Crippen LogP contribution is 2.43. The van der Waals surface area contributed by atoms with Crippen molar-refractivity contribution in [1.82, 2.24) is 4.90 Å². The van der Waals surface area contributed by atoms with Gasteiger partial charge in [-0.25, -0.2) is 0 Å². The summed E-state index contributed by atoms with van der Waals surface area (Å²) in [6.45, 7) is 2.10. The number of fused-ring (bicyclic) bond motifs is 2. The van der Waals surface area contributed by atoms with Gasteiger partial charge >= 0.3 is 0 Å². The summed E-state index contributed by atoms with van der Waals surface area (Å²) in [7, 11) is 1.54. The summed E-state index contributed by atoms with van der Waals surface area (Å²) < 4.78 is 5.32. The van der Waals surface area contributed by atoms with Gasteiger partial charge in [-0.1, -0.05) is 11.6 Å². The first-order valence-corrected chi connectivity index (χ1v) is 8.06. The number of nitrogens with two attached hydrogens (primary N) is 2. The van der Waals surface area contributed by atoms with Gasteiger partial charge < -0.3 is 16.2 Å². The van der Waals surface area contributed by atoms with E-state index in [1.165, 1.54) is 20.0 Å². The van der Waals surface area contributed by atoms with Crippen molar-refractivity contribution in [2.45, 2.75) is 31.3 Å². The van der Waals surface area contributed by atoms with Crippen LogP contribution in [0.1, 0.15) is 41.1 Å². The highest BCUT2D eigenvalue weighted by Gasteiger charge is 2.38. The van der Waals surface area contributed by atoms with Gasteiger partial charge in [0.25, 0.3) is 5.91 Å². The molecule has 2 fully saturated rings. The van der Waals surface area contributed by atoms with E-state index < -0.39 is 5.91 Å². The van der Waals surface area contributed by atoms with Crippen molar-refractivity contribution in [3.05, 3.63) is 28.3 Å². The van der Waals surface area contributed by atoms with Crippen molar-refractivity contribution in [3.63, 3.8) is 0 Å². The fraction of sp³-hybridized carbons (Fsp3) is 0.562. The molecule has 0 spiro atoms. The molecule has 2 aliphatic heterocycles. The van der Waals surface area contributed by atoms with Gasteiger partial charge in [-0.2, -0.15) is 0 Å². The molecule has 0 saturated carbocycles. The smallest absolute Gasteiger partial charge is 0.252 e. The molecule has 2 heterocycles. The number of primary amides is 1. The Morgan fingerprint density at radius 1 is 1.45 bits per heavy atom. The first-order chi connectivity index (χ1) is 10.5. The molecule has 1 aromatic carbocycles. The van der Waals surface area contributed by atoms with Crippen molar-refractivity contribution in [2.24, 2.45) is 17.4 Å². The summed E-state index contributed by atoms with van der Waals surface area (Å²) in [5, 5.41) is 0.575. The summed E-state index contributed by atoms with van der Waals surface area (Å²) in [5.41, 5.74) is 13.0. The summed E-state index contributed by atoms with van der Waals surface area (Å²) in [6.07, 6.45) is 3.30. The number of halogens is 1. The maximum Gasteiger partial charge on any atom is 0.252 e. The minimum absolute atomic E-state index is 0.0689. The van der Waals surface area contributed by atoms with Gasteiger partial charge in [0.15, 0.2) is 0 Å². The normalized spacial score (nSPS) is 30.9. The number of ether oxygens (including phenoxy) is 1. The summed E-state index contributed by atoms with van der Waals surface area (Å²) in [6, 6.07) is 3.49. The molecule has 2 saturated heterocycles. The molecular weight excluding hydrogens is 302 g/mol. The number of rotatable bonds is 3. The molecule has 6 heteroatoms. The van der Waals surface area contributed by atoms with Gasteiger partial charge in [-0.3, -0.25) is 9.69 Å². The molecule has 0 aromatic heterocycles. The number of methoxy groups -OCH3 is 1. The topological polar surface area (TPSA) is 81.6 Å². The molecule has 4 N–H and O–H groups in total. The summed E-state index contributed by atoms with van der Waals surface area (Å²) in [5.74, 6) is 0.804. The zero-order chi connectivity index (χ0) is 15.9. The van der Waals surface area contributed by atoms with Crippen LogP contribution >= 0.6 is 11.6 Å². The number of hydrogen-bond acceptors (Lipinski definition) is 4. The van der Waals surface area contributed by atoms with Gasteiger partial charge in [0.2, 0.25) is 0 Å². The van der Waals surface area contributed by atoms with E-state index in [4.69, 9.17) is 27.8 Å². The predicted octanol–water partition coefficient (Wildman–Crippen LogP) is 1.93. The van der Waals surface area contributed by atoms with Gasteiger partial charge in [-0.15, -0.1) is 0 Å². The third kappa shape index (κ3) is 2.69. The Kier molecular flexibility index (Phi) is 4.30. The van der Waals surface area contributed by atoms with Crippen molar-refractivity contribution in [2.75, 3.05) is 20.2 Å². The van der Waals surface area contributed by atoms with Crippen LogP contribution in [-0.2, 0) is 0 Å². The number of carbonyl (C=O) groups excluding carboxylic acids is 1. The molecule has 2 aliphatic rings. The Balaban J connectivity index is 1.98. The molecule has 0 radical (unpaired) electrons. The van der Waals surface area contributed by atoms with Crippen molar-refractivity contribution in [1.29, 1.82) is 0 Å². The van der Waals surface area contributed by atoms with Crippen LogP contribution in [0.25, 0.3) is 0 Å². The second-order valence-electron chi connectivity index (χ2n) is 6.25. The minimum atomic E-state index is -0.533. The Bertz CT molecular complexity index is 593. The van der Waals surface area contributed by atoms with E-state index >= 15 is 0 Å². The lowest BCUT2D eigenvalue weighted by Gasteiger charge is -2.46. The second kappa shape index (κ2) is 6.07. The molecule has 4 atom stereocenters. The monoisotopic (exact) mass is 323 g/mol. The molecule has 0 aliphatic carbocycles. The Hall–Kier alpha value is -1.30. The number of amides is 1. The molecule has 1 amide bonds. The standard InChI is InChI=1S/C16H22ClN3O2/c1-22-14-6-11(13(17)5-12(14)16(19)21)10-7-15(18)20-4-2-3-9(10)8-20/h5-6,9-10,15H,2-4,7-8,18H2,1H3,(H2,19,21). The average Bonchev–Trinajstić information content (AvgIpc) is 2.51. The minimum Gasteiger partial charge on any atom is -0.496 e. The highest BCUT2D eigenvalue weighted by molar-refractivity contribution is 6.32. The lowest BCUT2D eigenvalue weighted by Crippen LogP contribution is -2.53. The molecule has 3 rings (SSSR count). The lowest BCUT2D eigenvalue weighted by molar-refractivity contribution is 0.0537. The number of benzene rings is 1. The third-order valence-electron chi connectivity index (χ3n) is 5.01. The number of hydrogen-bond donors (Lipinski definition) is 2. The number of carbonyl (C=O) groups is 1. The zero-order valence-corrected chi connectivity index (χ0v) is 13.5. The lowest BCUT2D eigenvalue weighted by atomic mass is 9.75. The Labute approximate surface area is 135 Å². The van der Waals surface area contributed by atoms with Crippen LogP contribution in [-0.4, -0.2) is 37.2 Å². The molecular formula is C16H22ClN3O2. The van der Waals surface area contributed by atoms with Crippen LogP contribution in [0.2, 0.25) is 5.02 Å². The Morgan fingerprint density at radius 2 is 2.23 bits per heavy atom. The molecule has 4 unspecified atom stereocenters. The maximum atomic E-state index is 11.5. The van der Waals surface area contributed by atoms with E-state index in [-0.39, 0.29) is 6.17 Å². The van der Waals surface area contributed by atoms with Gasteiger partial charge in [-0.05, 0) is 55.3 Å². The second-order valence-corrected chi connectivity index (χ2v) is 6.65. The van der Waals surface area contributed by atoms with E-state index in [1.807, 2.05) is 6.07 Å². The van der Waals surface area contributed by atoms with Crippen LogP contribution in [0.5, 0.6) is 5.75 Å². The average molecular weight is 324 g/mol. The van der Waals surface area contributed by atoms with Crippen LogP contribution in [0.3, 0.4) is 0 Å². The van der Waals surface area contributed by atoms with Crippen molar-refractivity contribution < 1.29 is 9.53 Å². The third-order valence-corrected chi connectivity index (χ3v) is 5.33. The molecule has 22 heavy (non-hydrogen) atoms. The maximum absolute atomic E-state index is 11.5. The van der Waals surface area contributed by atoms with E-state index in [0.717, 1.165) is 25.1 Å². The predicted molar refractivity (Wildman–Crippen MR) is 86.2 cm³/mol. The van der Waals surface area contributed by atoms with Gasteiger partial charge in [0.05, 0.1) is 18.8 Å². The van der Waals surface area contributed by atoms with E-state index in [0.29, 0.717) is 28.2 Å². The fourth-order valence-corrected chi connectivity index (χ4v) is 4.17. The van der Waals surface area contributed by atoms with Crippen LogP contribution in [0.4, 0.5) is 0 Å². The highest BCUT2D eigenvalue weighted by atomic mass is 35.5. The van der Waals surface area contributed by atoms with Crippen LogP contribution in [0, 0.1) is 5.92 Å². The van der Waals surface area contributed by atoms with Gasteiger partial charge in [0, 0.05) is 11.6 Å². The van der Waals surface area contributed by atoms with Crippen LogP contribution in [0.15, 0.2) is 12.1 Å². The van der Waals surface area contributed by atoms with E-state index in [9.17, 15) is 4.79 Å². The SMILES string of the molecule is COc1cc(C2CC(N)N3CCCC2C3)c(Cl)cc1C(N)=O. The molecule has 2 bridgehead atoms. The zero-order valence-electron chi connectivity index (χ0n) is 12.7. The van der Waals surface area contributed by atoms with E-state index in [1.54, 1.807) is 6.07 Å². The quantitative estimate of drug-likeness (QED) is 0.890. The Morgan fingerprint density at radius 3 is 2.91 bits per heavy atom. The van der Waals surface area contributed by atoms with Crippen LogP contribution < -0.4 is 16.2 Å². The van der Waals surface area contributed by atoms with Crippen molar-refractivity contribution in [3.8, 4) is 5.75 Å². The molecule has 5 nitrogen and oxygen atoms in total. The van der Waals surface area contributed by atoms with Crippen molar-refractivity contribution >= 4 is 17.5 Å². The van der Waals surface area contributed by atoms with E-state index in [2.05, 4.69) is 4.90 Å². The molecule has 1 aromatic rings. The first kappa shape index (κ1) is 15.6. The fourth-order valence-electron chi connectivity index (χ4n) is 3.87.